The zero-order valence-corrected chi connectivity index (χ0v) is 9.57. The lowest BCUT2D eigenvalue weighted by Gasteiger charge is -2.10. The molecule has 1 aromatic heterocycles. The number of nitrogens with one attached hydrogen (secondary N) is 1. The summed E-state index contributed by atoms with van der Waals surface area (Å²) in [5.74, 6) is 2.36. The summed E-state index contributed by atoms with van der Waals surface area (Å²) in [6.07, 6.45) is 1.75. The molecule has 0 amide bonds. The molecule has 1 N–H and O–H groups in total. The predicted octanol–water partition coefficient (Wildman–Crippen LogP) is 2.29. The van der Waals surface area contributed by atoms with Crippen LogP contribution in [0.1, 0.15) is 0 Å². The van der Waals surface area contributed by atoms with Crippen LogP contribution in [0.3, 0.4) is 0 Å². The van der Waals surface area contributed by atoms with Crippen LogP contribution in [0, 0.1) is 0 Å². The average Bonchev–Trinajstić information content (AvgIpc) is 2.36. The van der Waals surface area contributed by atoms with E-state index in [1.54, 1.807) is 20.4 Å². The molecule has 84 valence electrons. The zero-order valence-electron chi connectivity index (χ0n) is 9.57. The van der Waals surface area contributed by atoms with E-state index in [2.05, 4.69) is 10.3 Å². The maximum absolute atomic E-state index is 5.33. The fourth-order valence-electron chi connectivity index (χ4n) is 1.71. The lowest BCUT2D eigenvalue weighted by atomic mass is 10.1. The van der Waals surface area contributed by atoms with Crippen LogP contribution < -0.4 is 14.8 Å². The van der Waals surface area contributed by atoms with Crippen molar-refractivity contribution in [1.82, 2.24) is 4.98 Å². The average molecular weight is 218 g/mol. The second-order valence-electron chi connectivity index (χ2n) is 3.33. The first kappa shape index (κ1) is 10.5. The number of hydrogen-bond donors (Lipinski definition) is 1. The molecule has 2 rings (SSSR count). The molecule has 0 saturated heterocycles. The highest BCUT2D eigenvalue weighted by Crippen LogP contribution is 2.33. The van der Waals surface area contributed by atoms with Crippen molar-refractivity contribution in [3.63, 3.8) is 0 Å². The number of rotatable bonds is 3. The first-order chi connectivity index (χ1) is 7.80. The molecule has 0 aliphatic carbocycles. The summed E-state index contributed by atoms with van der Waals surface area (Å²) >= 11 is 0. The van der Waals surface area contributed by atoms with Gasteiger partial charge in [0.2, 0.25) is 0 Å². The Kier molecular flexibility index (Phi) is 2.81. The highest BCUT2D eigenvalue weighted by atomic mass is 16.5. The van der Waals surface area contributed by atoms with Crippen molar-refractivity contribution in [1.29, 1.82) is 0 Å². The third-order valence-corrected chi connectivity index (χ3v) is 2.51. The Balaban J connectivity index is 2.78. The van der Waals surface area contributed by atoms with Crippen LogP contribution in [0.2, 0.25) is 0 Å². The van der Waals surface area contributed by atoms with Gasteiger partial charge in [-0.2, -0.15) is 0 Å². The maximum Gasteiger partial charge on any atom is 0.133 e. The van der Waals surface area contributed by atoms with E-state index in [1.165, 1.54) is 0 Å². The number of hydrogen-bond acceptors (Lipinski definition) is 4. The van der Waals surface area contributed by atoms with Gasteiger partial charge in [0.05, 0.1) is 14.2 Å². The fraction of sp³-hybridized carbons (Fsp3) is 0.250. The summed E-state index contributed by atoms with van der Waals surface area (Å²) in [5.41, 5.74) is 0. The normalized spacial score (nSPS) is 10.2. The smallest absolute Gasteiger partial charge is 0.133 e. The van der Waals surface area contributed by atoms with E-state index in [0.29, 0.717) is 0 Å². The molecule has 0 spiro atoms. The van der Waals surface area contributed by atoms with Gasteiger partial charge in [-0.05, 0) is 12.1 Å². The van der Waals surface area contributed by atoms with Gasteiger partial charge >= 0.3 is 0 Å². The molecule has 0 aliphatic rings. The molecule has 0 fully saturated rings. The van der Waals surface area contributed by atoms with Crippen molar-refractivity contribution in [2.45, 2.75) is 0 Å². The van der Waals surface area contributed by atoms with Crippen LogP contribution in [0.4, 0.5) is 5.82 Å². The molecule has 1 heterocycles. The molecule has 0 atom stereocenters. The summed E-state index contributed by atoms with van der Waals surface area (Å²) in [7, 11) is 5.12. The Hall–Kier alpha value is -1.97. The molecule has 0 saturated carbocycles. The Labute approximate surface area is 94.2 Å². The molecule has 0 radical (unpaired) electrons. The summed E-state index contributed by atoms with van der Waals surface area (Å²) in [5, 5.41) is 5.05. The summed E-state index contributed by atoms with van der Waals surface area (Å²) in [6, 6.07) is 5.73. The highest BCUT2D eigenvalue weighted by molar-refractivity contribution is 5.97. The Morgan fingerprint density at radius 2 is 1.94 bits per heavy atom. The van der Waals surface area contributed by atoms with Crippen LogP contribution in [0.25, 0.3) is 10.8 Å². The quantitative estimate of drug-likeness (QED) is 0.858. The molecular formula is C12H14N2O2. The van der Waals surface area contributed by atoms with Gasteiger partial charge in [0.1, 0.15) is 17.3 Å². The fourth-order valence-corrected chi connectivity index (χ4v) is 1.71. The van der Waals surface area contributed by atoms with E-state index in [4.69, 9.17) is 9.47 Å². The second-order valence-corrected chi connectivity index (χ2v) is 3.33. The van der Waals surface area contributed by atoms with E-state index >= 15 is 0 Å². The molecule has 16 heavy (non-hydrogen) atoms. The van der Waals surface area contributed by atoms with E-state index in [9.17, 15) is 0 Å². The van der Waals surface area contributed by atoms with Gasteiger partial charge in [-0.3, -0.25) is 0 Å². The van der Waals surface area contributed by atoms with Crippen LogP contribution in [-0.4, -0.2) is 26.3 Å². The minimum absolute atomic E-state index is 0.758. The Bertz CT molecular complexity index is 512. The monoisotopic (exact) mass is 218 g/mol. The standard InChI is InChI=1S/C12H14N2O2/c1-13-12-10-6-8(15-2)7-11(16-3)9(10)4-5-14-12/h4-7H,1-3H3,(H,13,14). The lowest BCUT2D eigenvalue weighted by molar-refractivity contribution is 0.398. The van der Waals surface area contributed by atoms with Crippen molar-refractivity contribution >= 4 is 16.6 Å². The number of fused-ring (bicyclic) bond motifs is 1. The van der Waals surface area contributed by atoms with Crippen LogP contribution in [0.5, 0.6) is 11.5 Å². The number of benzene rings is 1. The van der Waals surface area contributed by atoms with E-state index < -0.39 is 0 Å². The van der Waals surface area contributed by atoms with Gasteiger partial charge in [-0.1, -0.05) is 0 Å². The van der Waals surface area contributed by atoms with Gasteiger partial charge in [0.25, 0.3) is 0 Å². The minimum Gasteiger partial charge on any atom is -0.497 e. The Morgan fingerprint density at radius 3 is 2.56 bits per heavy atom. The van der Waals surface area contributed by atoms with E-state index in [0.717, 1.165) is 28.1 Å². The van der Waals surface area contributed by atoms with Crippen molar-refractivity contribution in [3.8, 4) is 11.5 Å². The number of nitrogens with zero attached hydrogens (tertiary/aromatic N) is 1. The SMILES string of the molecule is CNc1nccc2c(OC)cc(OC)cc12. The number of aromatic nitrogens is 1. The molecule has 0 unspecified atom stereocenters. The molecular weight excluding hydrogens is 204 g/mol. The summed E-state index contributed by atoms with van der Waals surface area (Å²) in [6.45, 7) is 0. The van der Waals surface area contributed by atoms with Gasteiger partial charge in [-0.25, -0.2) is 4.98 Å². The maximum atomic E-state index is 5.33. The summed E-state index contributed by atoms with van der Waals surface area (Å²) < 4.78 is 10.6. The van der Waals surface area contributed by atoms with Crippen LogP contribution in [0.15, 0.2) is 24.4 Å². The number of pyridine rings is 1. The van der Waals surface area contributed by atoms with E-state index in [-0.39, 0.29) is 0 Å². The topological polar surface area (TPSA) is 43.4 Å². The molecule has 0 bridgehead atoms. The zero-order chi connectivity index (χ0) is 11.5. The van der Waals surface area contributed by atoms with Crippen LogP contribution in [-0.2, 0) is 0 Å². The molecule has 1 aromatic carbocycles. The molecule has 4 nitrogen and oxygen atoms in total. The summed E-state index contributed by atoms with van der Waals surface area (Å²) in [4.78, 5) is 4.25. The van der Waals surface area contributed by atoms with Crippen molar-refractivity contribution in [2.24, 2.45) is 0 Å². The van der Waals surface area contributed by atoms with Gasteiger partial charge < -0.3 is 14.8 Å². The molecule has 0 aliphatic heterocycles. The van der Waals surface area contributed by atoms with Crippen LogP contribution >= 0.6 is 0 Å². The predicted molar refractivity (Wildman–Crippen MR) is 64.4 cm³/mol. The van der Waals surface area contributed by atoms with Crippen molar-refractivity contribution < 1.29 is 9.47 Å². The lowest BCUT2D eigenvalue weighted by Crippen LogP contribution is -1.95. The number of methoxy groups -OCH3 is 2. The van der Waals surface area contributed by atoms with E-state index in [1.807, 2.05) is 25.2 Å². The van der Waals surface area contributed by atoms with Gasteiger partial charge in [0, 0.05) is 30.1 Å². The molecule has 2 aromatic rings. The van der Waals surface area contributed by atoms with Crippen molar-refractivity contribution in [2.75, 3.05) is 26.6 Å². The number of anilines is 1. The minimum atomic E-state index is 0.758. The first-order valence-corrected chi connectivity index (χ1v) is 4.98. The largest absolute Gasteiger partial charge is 0.497 e. The van der Waals surface area contributed by atoms with Gasteiger partial charge in [0.15, 0.2) is 0 Å². The first-order valence-electron chi connectivity index (χ1n) is 4.98. The van der Waals surface area contributed by atoms with Gasteiger partial charge in [-0.15, -0.1) is 0 Å². The third kappa shape index (κ3) is 1.62. The Morgan fingerprint density at radius 1 is 1.12 bits per heavy atom. The molecule has 4 heteroatoms. The second kappa shape index (κ2) is 4.26. The highest BCUT2D eigenvalue weighted by Gasteiger charge is 2.08. The van der Waals surface area contributed by atoms with Crippen molar-refractivity contribution in [3.05, 3.63) is 24.4 Å². The number of ether oxygens (including phenoxy) is 2. The third-order valence-electron chi connectivity index (χ3n) is 2.51.